The third kappa shape index (κ3) is 5.27. The number of benzene rings is 3. The number of Topliss-reactive ketones (excluding diaryl/α,β-unsaturated/α-hetero) is 2. The lowest BCUT2D eigenvalue weighted by atomic mass is 9.91. The fourth-order valence-electron chi connectivity index (χ4n) is 4.37. The van der Waals surface area contributed by atoms with Gasteiger partial charge in [0.1, 0.15) is 10.7 Å². The largest absolute Gasteiger partial charge is 0.332 e. The molecular weight excluding hydrogens is 554 g/mol. The van der Waals surface area contributed by atoms with Crippen LogP contribution in [0.3, 0.4) is 0 Å². The van der Waals surface area contributed by atoms with Crippen LogP contribution >= 0.6 is 11.6 Å². The lowest BCUT2D eigenvalue weighted by molar-refractivity contribution is -0.384. The van der Waals surface area contributed by atoms with Crippen molar-refractivity contribution in [3.63, 3.8) is 0 Å². The van der Waals surface area contributed by atoms with Crippen molar-refractivity contribution in [3.8, 4) is 0 Å². The lowest BCUT2D eigenvalue weighted by Gasteiger charge is -2.30. The number of hydrogen-bond donors (Lipinski definition) is 0. The third-order valence-electron chi connectivity index (χ3n) is 6.37. The number of allylic oxidation sites excluding steroid dienone is 2. The summed E-state index contributed by atoms with van der Waals surface area (Å²) >= 11 is 6.50. The van der Waals surface area contributed by atoms with Crippen molar-refractivity contribution in [2.45, 2.75) is 17.2 Å². The topological polar surface area (TPSA) is 128 Å². The highest BCUT2D eigenvalue weighted by molar-refractivity contribution is 7.90. The summed E-state index contributed by atoms with van der Waals surface area (Å²) in [7, 11) is -3.73. The average Bonchev–Trinajstić information content (AvgIpc) is 2.96. The summed E-state index contributed by atoms with van der Waals surface area (Å²) in [5.74, 6) is -1.29. The van der Waals surface area contributed by atoms with E-state index >= 15 is 0 Å². The third-order valence-corrected chi connectivity index (χ3v) is 8.38. The fraction of sp³-hybridized carbons (Fsp3) is 0.0690. The van der Waals surface area contributed by atoms with Crippen LogP contribution in [-0.2, 0) is 22.1 Å². The first-order valence-corrected chi connectivity index (χ1v) is 14.0. The van der Waals surface area contributed by atoms with Crippen LogP contribution in [0.1, 0.15) is 32.0 Å². The van der Waals surface area contributed by atoms with Crippen LogP contribution in [0.25, 0.3) is 0 Å². The number of ketones is 2. The van der Waals surface area contributed by atoms with Gasteiger partial charge in [-0.2, -0.15) is 0 Å². The molecule has 0 fully saturated rings. The summed E-state index contributed by atoms with van der Waals surface area (Å²) in [6, 6.07) is 23.0. The molecule has 0 bridgehead atoms. The van der Waals surface area contributed by atoms with Gasteiger partial charge in [-0.05, 0) is 42.0 Å². The fourth-order valence-corrected chi connectivity index (χ4v) is 5.94. The summed E-state index contributed by atoms with van der Waals surface area (Å²) in [6.45, 7) is 0.0186. The number of pyridine rings is 1. The number of carbonyl (C=O) groups excluding carboxylic acids is 2. The summed E-state index contributed by atoms with van der Waals surface area (Å²) in [6.07, 6.45) is 1.52. The number of nitrogens with zero attached hydrogens (tertiary/aromatic N) is 3. The predicted molar refractivity (Wildman–Crippen MR) is 149 cm³/mol. The Morgan fingerprint density at radius 3 is 2.05 bits per heavy atom. The van der Waals surface area contributed by atoms with Gasteiger partial charge in [-0.25, -0.2) is 8.42 Å². The molecule has 1 aromatic heterocycles. The molecule has 0 atom stereocenters. The van der Waals surface area contributed by atoms with Crippen molar-refractivity contribution in [2.75, 3.05) is 4.90 Å². The number of aromatic nitrogens is 1. The molecule has 1 aliphatic carbocycles. The molecule has 0 saturated carbocycles. The number of carbonyl (C=O) groups is 2. The standard InChI is InChI=1S/C29H20ClN3O6S/c30-26-27(29(35)25-7-2-1-6-24(25)28(26)34)32(17-19-8-10-22(11-9-19)33(36)37)21-12-14-23(15-13-21)40(38,39)18-20-5-3-4-16-31-20/h1-16H,17-18H2. The first-order chi connectivity index (χ1) is 19.2. The summed E-state index contributed by atoms with van der Waals surface area (Å²) in [4.78, 5) is 43.0. The molecule has 3 aromatic carbocycles. The second-order valence-electron chi connectivity index (χ2n) is 8.95. The van der Waals surface area contributed by atoms with Crippen LogP contribution in [-0.4, -0.2) is 29.9 Å². The molecule has 0 N–H and O–H groups in total. The molecule has 200 valence electrons. The molecule has 0 unspecified atom stereocenters. The maximum absolute atomic E-state index is 13.6. The number of non-ortho nitro benzene ring substituents is 1. The Hall–Kier alpha value is -4.67. The van der Waals surface area contributed by atoms with Gasteiger partial charge in [-0.3, -0.25) is 24.7 Å². The molecule has 0 saturated heterocycles. The molecular formula is C29H20ClN3O6S. The van der Waals surface area contributed by atoms with E-state index in [4.69, 9.17) is 11.6 Å². The molecule has 0 amide bonds. The highest BCUT2D eigenvalue weighted by Gasteiger charge is 2.35. The Balaban J connectivity index is 1.55. The van der Waals surface area contributed by atoms with E-state index in [2.05, 4.69) is 4.98 Å². The first kappa shape index (κ1) is 26.9. The van der Waals surface area contributed by atoms with Crippen molar-refractivity contribution < 1.29 is 22.9 Å². The van der Waals surface area contributed by atoms with E-state index in [-0.39, 0.29) is 44.7 Å². The van der Waals surface area contributed by atoms with Gasteiger partial charge in [0.05, 0.1) is 21.3 Å². The van der Waals surface area contributed by atoms with E-state index in [0.29, 0.717) is 16.9 Å². The number of nitro groups is 1. The number of rotatable bonds is 8. The maximum atomic E-state index is 13.6. The SMILES string of the molecule is O=C1C(Cl)=C(N(Cc2ccc([N+](=O)[O-])cc2)c2ccc(S(=O)(=O)Cc3ccccn3)cc2)C(=O)c2ccccc21. The number of hydrogen-bond acceptors (Lipinski definition) is 8. The molecule has 11 heteroatoms. The lowest BCUT2D eigenvalue weighted by Crippen LogP contribution is -2.33. The molecule has 9 nitrogen and oxygen atoms in total. The van der Waals surface area contributed by atoms with E-state index in [1.54, 1.807) is 30.3 Å². The zero-order valence-electron chi connectivity index (χ0n) is 20.7. The second-order valence-corrected chi connectivity index (χ2v) is 11.3. The summed E-state index contributed by atoms with van der Waals surface area (Å²) < 4.78 is 26.0. The smallest absolute Gasteiger partial charge is 0.269 e. The van der Waals surface area contributed by atoms with Crippen LogP contribution in [0.4, 0.5) is 11.4 Å². The Bertz CT molecular complexity index is 1770. The Morgan fingerprint density at radius 2 is 1.45 bits per heavy atom. The van der Waals surface area contributed by atoms with Gasteiger partial charge >= 0.3 is 0 Å². The number of fused-ring (bicyclic) bond motifs is 1. The monoisotopic (exact) mass is 573 g/mol. The molecule has 1 heterocycles. The van der Waals surface area contributed by atoms with Gasteiger partial charge < -0.3 is 4.90 Å². The van der Waals surface area contributed by atoms with Crippen molar-refractivity contribution in [2.24, 2.45) is 0 Å². The van der Waals surface area contributed by atoms with Gasteiger partial charge in [-0.1, -0.05) is 54.1 Å². The van der Waals surface area contributed by atoms with E-state index < -0.39 is 26.3 Å². The number of halogens is 1. The first-order valence-electron chi connectivity index (χ1n) is 12.0. The summed E-state index contributed by atoms with van der Waals surface area (Å²) in [5.41, 5.74) is 1.58. The number of nitro benzene ring substituents is 1. The van der Waals surface area contributed by atoms with E-state index in [1.165, 1.54) is 71.8 Å². The van der Waals surface area contributed by atoms with E-state index in [1.807, 2.05) is 0 Å². The molecule has 0 radical (unpaired) electrons. The highest BCUT2D eigenvalue weighted by atomic mass is 35.5. The molecule has 0 spiro atoms. The van der Waals surface area contributed by atoms with E-state index in [0.717, 1.165) is 0 Å². The number of sulfone groups is 1. The minimum Gasteiger partial charge on any atom is -0.332 e. The van der Waals surface area contributed by atoms with Crippen LogP contribution in [0.15, 0.2) is 113 Å². The van der Waals surface area contributed by atoms with Gasteiger partial charge in [0.15, 0.2) is 9.84 Å². The average molecular weight is 574 g/mol. The molecule has 40 heavy (non-hydrogen) atoms. The minimum atomic E-state index is -3.73. The highest BCUT2D eigenvalue weighted by Crippen LogP contribution is 2.35. The van der Waals surface area contributed by atoms with Gasteiger partial charge in [-0.15, -0.1) is 0 Å². The Labute approximate surface area is 234 Å². The number of anilines is 1. The van der Waals surface area contributed by atoms with Gasteiger partial charge in [0.25, 0.3) is 5.69 Å². The molecule has 0 aliphatic heterocycles. The quantitative estimate of drug-likeness (QED) is 0.200. The van der Waals surface area contributed by atoms with E-state index in [9.17, 15) is 28.1 Å². The van der Waals surface area contributed by atoms with Crippen LogP contribution in [0.2, 0.25) is 0 Å². The molecule has 4 aromatic rings. The van der Waals surface area contributed by atoms with Crippen molar-refractivity contribution >= 4 is 44.4 Å². The maximum Gasteiger partial charge on any atom is 0.269 e. The van der Waals surface area contributed by atoms with Gasteiger partial charge in [0, 0.05) is 41.7 Å². The van der Waals surface area contributed by atoms with Crippen molar-refractivity contribution in [1.29, 1.82) is 0 Å². The van der Waals surface area contributed by atoms with Gasteiger partial charge in [0.2, 0.25) is 11.6 Å². The Kier molecular flexibility index (Phi) is 7.29. The van der Waals surface area contributed by atoms with Crippen molar-refractivity contribution in [1.82, 2.24) is 4.98 Å². The molecule has 1 aliphatic rings. The second kappa shape index (κ2) is 10.8. The Morgan fingerprint density at radius 1 is 0.825 bits per heavy atom. The zero-order chi connectivity index (χ0) is 28.4. The minimum absolute atomic E-state index is 0.0186. The van der Waals surface area contributed by atoms with Crippen LogP contribution in [0.5, 0.6) is 0 Å². The van der Waals surface area contributed by atoms with Crippen LogP contribution < -0.4 is 4.90 Å². The zero-order valence-corrected chi connectivity index (χ0v) is 22.3. The van der Waals surface area contributed by atoms with Crippen LogP contribution in [0, 0.1) is 10.1 Å². The summed E-state index contributed by atoms with van der Waals surface area (Å²) in [5, 5.41) is 10.8. The van der Waals surface area contributed by atoms with Crippen molar-refractivity contribution in [3.05, 3.63) is 140 Å². The normalized spacial score (nSPS) is 13.2. The molecule has 5 rings (SSSR count). The predicted octanol–water partition coefficient (Wildman–Crippen LogP) is 5.50.